The molecule has 27 heavy (non-hydrogen) atoms. The molecule has 0 bridgehead atoms. The minimum Gasteiger partial charge on any atom is -0.382 e. The zero-order chi connectivity index (χ0) is 18.6. The van der Waals surface area contributed by atoms with Crippen LogP contribution in [0.25, 0.3) is 10.9 Å². The van der Waals surface area contributed by atoms with E-state index in [1.807, 2.05) is 54.6 Å². The smallest absolute Gasteiger partial charge is 0.260 e. The molecule has 0 aliphatic carbocycles. The number of piperidine rings is 1. The van der Waals surface area contributed by atoms with E-state index in [-0.39, 0.29) is 5.91 Å². The van der Waals surface area contributed by atoms with Crippen molar-refractivity contribution in [1.29, 1.82) is 0 Å². The number of aromatic nitrogens is 1. The summed E-state index contributed by atoms with van der Waals surface area (Å²) in [6, 6.07) is 18.0. The highest BCUT2D eigenvalue weighted by Gasteiger charge is 2.20. The first kappa shape index (κ1) is 17.5. The lowest BCUT2D eigenvalue weighted by Gasteiger charge is -2.25. The van der Waals surface area contributed by atoms with Crippen LogP contribution in [0.2, 0.25) is 0 Å². The van der Waals surface area contributed by atoms with Gasteiger partial charge in [0.1, 0.15) is 0 Å². The molecule has 138 valence electrons. The van der Waals surface area contributed by atoms with Crippen molar-refractivity contribution >= 4 is 28.2 Å². The second-order valence-electron chi connectivity index (χ2n) is 6.93. The number of hydrogen-bond acceptors (Lipinski definition) is 4. The van der Waals surface area contributed by atoms with Crippen molar-refractivity contribution in [3.05, 3.63) is 66.4 Å². The summed E-state index contributed by atoms with van der Waals surface area (Å²) in [6.45, 7) is 2.07. The van der Waals surface area contributed by atoms with E-state index in [4.69, 9.17) is 0 Å². The number of hydrogen-bond donors (Lipinski definition) is 2. The zero-order valence-electron chi connectivity index (χ0n) is 15.5. The van der Waals surface area contributed by atoms with Crippen LogP contribution in [-0.4, -0.2) is 37.1 Å². The number of fused-ring (bicyclic) bond motifs is 1. The van der Waals surface area contributed by atoms with E-state index in [2.05, 4.69) is 15.6 Å². The van der Waals surface area contributed by atoms with Gasteiger partial charge in [0.25, 0.3) is 5.91 Å². The van der Waals surface area contributed by atoms with Gasteiger partial charge in [0.15, 0.2) is 0 Å². The second kappa shape index (κ2) is 7.76. The highest BCUT2D eigenvalue weighted by atomic mass is 16.2. The number of pyridine rings is 1. The van der Waals surface area contributed by atoms with Crippen LogP contribution in [0.1, 0.15) is 23.2 Å². The third-order valence-electron chi connectivity index (χ3n) is 5.15. The van der Waals surface area contributed by atoms with Crippen LogP contribution in [0.3, 0.4) is 0 Å². The number of nitrogens with zero attached hydrogens (tertiary/aromatic N) is 2. The summed E-state index contributed by atoms with van der Waals surface area (Å²) in [5.41, 5.74) is 3.27. The van der Waals surface area contributed by atoms with Crippen molar-refractivity contribution in [2.45, 2.75) is 18.9 Å². The van der Waals surface area contributed by atoms with E-state index in [0.29, 0.717) is 11.6 Å². The third-order valence-corrected chi connectivity index (χ3v) is 5.15. The van der Waals surface area contributed by atoms with Gasteiger partial charge >= 0.3 is 0 Å². The lowest BCUT2D eigenvalue weighted by atomic mass is 10.0. The predicted octanol–water partition coefficient (Wildman–Crippen LogP) is 3.68. The molecule has 1 aliphatic heterocycles. The highest BCUT2D eigenvalue weighted by molar-refractivity contribution is 6.14. The lowest BCUT2D eigenvalue weighted by Crippen LogP contribution is -2.35. The molecule has 5 heteroatoms. The molecule has 1 fully saturated rings. The first-order valence-electron chi connectivity index (χ1n) is 9.42. The molecule has 3 aromatic rings. The van der Waals surface area contributed by atoms with Gasteiger partial charge < -0.3 is 15.5 Å². The quantitative estimate of drug-likeness (QED) is 0.745. The largest absolute Gasteiger partial charge is 0.382 e. The lowest BCUT2D eigenvalue weighted by molar-refractivity contribution is 0.0994. The van der Waals surface area contributed by atoms with Crippen molar-refractivity contribution < 1.29 is 4.79 Å². The molecular weight excluding hydrogens is 336 g/mol. The van der Waals surface area contributed by atoms with E-state index in [9.17, 15) is 4.79 Å². The number of carbonyl (C=O) groups excluding carboxylic acids is 1. The van der Waals surface area contributed by atoms with Crippen LogP contribution in [-0.2, 0) is 0 Å². The molecule has 2 heterocycles. The van der Waals surface area contributed by atoms with Crippen LogP contribution in [0.15, 0.2) is 60.8 Å². The van der Waals surface area contributed by atoms with Crippen LogP contribution in [0, 0.1) is 0 Å². The normalized spacial score (nSPS) is 14.9. The van der Waals surface area contributed by atoms with E-state index >= 15 is 0 Å². The number of nitrogens with one attached hydrogen (secondary N) is 2. The number of carbonyl (C=O) groups is 1. The fourth-order valence-electron chi connectivity index (χ4n) is 3.61. The van der Waals surface area contributed by atoms with Gasteiger partial charge in [-0.05, 0) is 62.3 Å². The summed E-state index contributed by atoms with van der Waals surface area (Å²) < 4.78 is 0. The number of amides is 1. The van der Waals surface area contributed by atoms with Gasteiger partial charge in [-0.2, -0.15) is 0 Å². The number of para-hydroxylation sites is 1. The predicted molar refractivity (Wildman–Crippen MR) is 110 cm³/mol. The summed E-state index contributed by atoms with van der Waals surface area (Å²) in [5, 5.41) is 8.02. The molecule has 0 saturated carbocycles. The molecule has 0 radical (unpaired) electrons. The molecule has 1 saturated heterocycles. The first-order chi connectivity index (χ1) is 13.2. The Balaban J connectivity index is 1.68. The van der Waals surface area contributed by atoms with Crippen molar-refractivity contribution in [2.75, 3.05) is 30.4 Å². The van der Waals surface area contributed by atoms with Crippen molar-refractivity contribution in [3.63, 3.8) is 0 Å². The van der Waals surface area contributed by atoms with Gasteiger partial charge in [-0.1, -0.05) is 18.2 Å². The summed E-state index contributed by atoms with van der Waals surface area (Å²) in [7, 11) is 1.80. The summed E-state index contributed by atoms with van der Waals surface area (Å²) in [5.74, 6) is -0.0571. The molecular formula is C22H24N4O. The van der Waals surface area contributed by atoms with Gasteiger partial charge in [0, 0.05) is 36.0 Å². The molecule has 5 nitrogen and oxygen atoms in total. The third kappa shape index (κ3) is 3.64. The first-order valence-corrected chi connectivity index (χ1v) is 9.42. The van der Waals surface area contributed by atoms with E-state index < -0.39 is 0 Å². The number of benzene rings is 2. The highest BCUT2D eigenvalue weighted by Crippen LogP contribution is 2.28. The number of rotatable bonds is 4. The minimum absolute atomic E-state index is 0.0571. The summed E-state index contributed by atoms with van der Waals surface area (Å²) in [4.78, 5) is 19.3. The average Bonchev–Trinajstić information content (AvgIpc) is 2.74. The Labute approximate surface area is 159 Å². The van der Waals surface area contributed by atoms with Crippen molar-refractivity contribution in [2.24, 2.45) is 0 Å². The van der Waals surface area contributed by atoms with Gasteiger partial charge in [-0.25, -0.2) is 0 Å². The molecule has 4 rings (SSSR count). The topological polar surface area (TPSA) is 57.3 Å². The SMILES string of the molecule is CN(C(=O)c1ccc(NC2CCNCC2)c2cccnc12)c1ccccc1. The van der Waals surface area contributed by atoms with Crippen LogP contribution in [0.4, 0.5) is 11.4 Å². The van der Waals surface area contributed by atoms with Crippen LogP contribution in [0.5, 0.6) is 0 Å². The van der Waals surface area contributed by atoms with Crippen molar-refractivity contribution in [3.8, 4) is 0 Å². The molecule has 1 amide bonds. The Kier molecular flexibility index (Phi) is 5.03. The van der Waals surface area contributed by atoms with Crippen molar-refractivity contribution in [1.82, 2.24) is 10.3 Å². The summed E-state index contributed by atoms with van der Waals surface area (Å²) in [6.07, 6.45) is 3.94. The van der Waals surface area contributed by atoms with Gasteiger partial charge in [-0.15, -0.1) is 0 Å². The Hall–Kier alpha value is -2.92. The molecule has 0 spiro atoms. The monoisotopic (exact) mass is 360 g/mol. The molecule has 2 N–H and O–H groups in total. The minimum atomic E-state index is -0.0571. The van der Waals surface area contributed by atoms with Gasteiger partial charge in [-0.3, -0.25) is 9.78 Å². The second-order valence-corrected chi connectivity index (χ2v) is 6.93. The van der Waals surface area contributed by atoms with Crippen LogP contribution < -0.4 is 15.5 Å². The van der Waals surface area contributed by atoms with Gasteiger partial charge in [0.05, 0.1) is 11.1 Å². The van der Waals surface area contributed by atoms with E-state index in [1.165, 1.54) is 0 Å². The molecule has 2 aromatic carbocycles. The standard InChI is InChI=1S/C22H24N4O/c1-26(17-6-3-2-4-7-17)22(27)19-9-10-20(18-8-5-13-24-21(18)19)25-16-11-14-23-15-12-16/h2-10,13,16,23,25H,11-12,14-15H2,1H3. The Morgan fingerprint density at radius 2 is 1.85 bits per heavy atom. The van der Waals surface area contributed by atoms with Gasteiger partial charge in [0.2, 0.25) is 0 Å². The van der Waals surface area contributed by atoms with E-state index in [0.717, 1.165) is 48.2 Å². The maximum atomic E-state index is 13.1. The molecule has 0 unspecified atom stereocenters. The molecule has 1 aromatic heterocycles. The Morgan fingerprint density at radius 3 is 2.63 bits per heavy atom. The number of anilines is 2. The average molecular weight is 360 g/mol. The Morgan fingerprint density at radius 1 is 1.07 bits per heavy atom. The molecule has 0 atom stereocenters. The molecule has 1 aliphatic rings. The summed E-state index contributed by atoms with van der Waals surface area (Å²) >= 11 is 0. The Bertz CT molecular complexity index is 935. The fraction of sp³-hybridized carbons (Fsp3) is 0.273. The van der Waals surface area contributed by atoms with E-state index in [1.54, 1.807) is 18.1 Å². The fourth-order valence-corrected chi connectivity index (χ4v) is 3.61. The maximum Gasteiger partial charge on any atom is 0.260 e. The zero-order valence-corrected chi connectivity index (χ0v) is 15.5. The maximum absolute atomic E-state index is 13.1. The van der Waals surface area contributed by atoms with Crippen LogP contribution >= 0.6 is 0 Å².